The molecule has 2 N–H and O–H groups in total. The number of rotatable bonds is 7. The summed E-state index contributed by atoms with van der Waals surface area (Å²) < 4.78 is 5.16. The average molecular weight is 355 g/mol. The third kappa shape index (κ3) is 5.70. The van der Waals surface area contributed by atoms with Crippen molar-refractivity contribution >= 4 is 23.5 Å². The average Bonchev–Trinajstić information content (AvgIpc) is 2.67. The van der Waals surface area contributed by atoms with Crippen LogP contribution in [0.25, 0.3) is 0 Å². The number of esters is 1. The molecule has 0 saturated carbocycles. The third-order valence-corrected chi connectivity index (χ3v) is 3.53. The minimum absolute atomic E-state index is 0.204. The van der Waals surface area contributed by atoms with Gasteiger partial charge in [-0.1, -0.05) is 25.5 Å². The predicted molar refractivity (Wildman–Crippen MR) is 96.3 cm³/mol. The van der Waals surface area contributed by atoms with E-state index in [1.807, 2.05) is 6.92 Å². The van der Waals surface area contributed by atoms with E-state index in [0.717, 1.165) is 18.4 Å². The number of hydrogen-bond donors (Lipinski definition) is 2. The zero-order chi connectivity index (χ0) is 18.8. The van der Waals surface area contributed by atoms with Crippen LogP contribution in [0.1, 0.15) is 35.7 Å². The summed E-state index contributed by atoms with van der Waals surface area (Å²) in [5.74, 6) is -2.18. The summed E-state index contributed by atoms with van der Waals surface area (Å²) >= 11 is 0. The Labute approximate surface area is 151 Å². The number of hydrogen-bond acceptors (Lipinski definition) is 5. The van der Waals surface area contributed by atoms with Crippen molar-refractivity contribution in [1.82, 2.24) is 10.3 Å². The maximum absolute atomic E-state index is 12.1. The lowest BCUT2D eigenvalue weighted by molar-refractivity contribution is -0.136. The lowest BCUT2D eigenvalue weighted by atomic mass is 10.1. The number of anilines is 1. The van der Waals surface area contributed by atoms with E-state index in [0.29, 0.717) is 6.61 Å². The van der Waals surface area contributed by atoms with Crippen LogP contribution in [0.2, 0.25) is 0 Å². The first kappa shape index (κ1) is 19.1. The molecule has 1 aromatic carbocycles. The minimum atomic E-state index is -0.854. The van der Waals surface area contributed by atoms with Gasteiger partial charge in [0.1, 0.15) is 0 Å². The number of benzene rings is 1. The second-order valence-corrected chi connectivity index (χ2v) is 5.53. The highest BCUT2D eigenvalue weighted by atomic mass is 16.5. The fourth-order valence-corrected chi connectivity index (χ4v) is 2.10. The fraction of sp³-hybridized carbons (Fsp3) is 0.263. The quantitative estimate of drug-likeness (QED) is 0.451. The Kier molecular flexibility index (Phi) is 7.30. The van der Waals surface area contributed by atoms with Crippen LogP contribution < -0.4 is 10.6 Å². The van der Waals surface area contributed by atoms with Crippen molar-refractivity contribution in [3.05, 3.63) is 59.9 Å². The van der Waals surface area contributed by atoms with E-state index in [1.165, 1.54) is 0 Å². The van der Waals surface area contributed by atoms with Crippen molar-refractivity contribution in [2.45, 2.75) is 26.3 Å². The van der Waals surface area contributed by atoms with Gasteiger partial charge in [0.15, 0.2) is 0 Å². The number of ether oxygens (including phenoxy) is 1. The molecule has 0 bridgehead atoms. The number of amides is 2. The van der Waals surface area contributed by atoms with Gasteiger partial charge in [-0.2, -0.15) is 0 Å². The SMILES string of the molecule is CCCCOC(=O)c1ccccc1NC(=O)C(=O)NCc1ccncc1. The van der Waals surface area contributed by atoms with Crippen LogP contribution in [0.5, 0.6) is 0 Å². The van der Waals surface area contributed by atoms with E-state index in [9.17, 15) is 14.4 Å². The molecule has 2 aromatic rings. The van der Waals surface area contributed by atoms with Crippen LogP contribution in [0, 0.1) is 0 Å². The molecule has 0 aliphatic carbocycles. The van der Waals surface area contributed by atoms with E-state index in [4.69, 9.17) is 4.74 Å². The van der Waals surface area contributed by atoms with Crippen LogP contribution in [-0.2, 0) is 20.9 Å². The molecule has 2 amide bonds. The fourth-order valence-electron chi connectivity index (χ4n) is 2.10. The molecule has 0 spiro atoms. The third-order valence-electron chi connectivity index (χ3n) is 3.53. The largest absolute Gasteiger partial charge is 0.462 e. The molecule has 2 rings (SSSR count). The van der Waals surface area contributed by atoms with Gasteiger partial charge in [-0.05, 0) is 36.2 Å². The van der Waals surface area contributed by atoms with Gasteiger partial charge in [0.05, 0.1) is 17.9 Å². The lowest BCUT2D eigenvalue weighted by Gasteiger charge is -2.11. The van der Waals surface area contributed by atoms with Crippen molar-refractivity contribution in [1.29, 1.82) is 0 Å². The van der Waals surface area contributed by atoms with Crippen LogP contribution >= 0.6 is 0 Å². The Bertz CT molecular complexity index is 762. The molecule has 7 heteroatoms. The molecule has 0 aliphatic rings. The molecular formula is C19H21N3O4. The summed E-state index contributed by atoms with van der Waals surface area (Å²) in [5, 5.41) is 4.97. The van der Waals surface area contributed by atoms with Crippen LogP contribution in [0.4, 0.5) is 5.69 Å². The van der Waals surface area contributed by atoms with Gasteiger partial charge in [0.2, 0.25) is 0 Å². The number of para-hydroxylation sites is 1. The Morgan fingerprint density at radius 3 is 2.50 bits per heavy atom. The lowest BCUT2D eigenvalue weighted by Crippen LogP contribution is -2.35. The molecule has 0 unspecified atom stereocenters. The highest BCUT2D eigenvalue weighted by molar-refractivity contribution is 6.39. The highest BCUT2D eigenvalue weighted by Crippen LogP contribution is 2.16. The first-order chi connectivity index (χ1) is 12.6. The summed E-state index contributed by atoms with van der Waals surface area (Å²) in [4.78, 5) is 40.0. The Balaban J connectivity index is 1.95. The van der Waals surface area contributed by atoms with Crippen LogP contribution in [0.15, 0.2) is 48.8 Å². The molecule has 0 atom stereocenters. The second kappa shape index (κ2) is 9.93. The number of carbonyl (C=O) groups is 3. The number of nitrogens with zero attached hydrogens (tertiary/aromatic N) is 1. The van der Waals surface area contributed by atoms with Gasteiger partial charge in [-0.25, -0.2) is 4.79 Å². The smallest absolute Gasteiger partial charge is 0.340 e. The van der Waals surface area contributed by atoms with Gasteiger partial charge in [0, 0.05) is 18.9 Å². The summed E-state index contributed by atoms with van der Waals surface area (Å²) in [6, 6.07) is 9.88. The predicted octanol–water partition coefficient (Wildman–Crippen LogP) is 2.29. The zero-order valence-corrected chi connectivity index (χ0v) is 14.5. The van der Waals surface area contributed by atoms with Gasteiger partial charge in [-0.3, -0.25) is 14.6 Å². The van der Waals surface area contributed by atoms with E-state index in [2.05, 4.69) is 15.6 Å². The number of nitrogens with one attached hydrogen (secondary N) is 2. The highest BCUT2D eigenvalue weighted by Gasteiger charge is 2.18. The molecule has 136 valence electrons. The molecule has 26 heavy (non-hydrogen) atoms. The van der Waals surface area contributed by atoms with Crippen molar-refractivity contribution in [3.63, 3.8) is 0 Å². The molecular weight excluding hydrogens is 334 g/mol. The molecule has 7 nitrogen and oxygen atoms in total. The standard InChI is InChI=1S/C19H21N3O4/c1-2-3-12-26-19(25)15-6-4-5-7-16(15)22-18(24)17(23)21-13-14-8-10-20-11-9-14/h4-11H,2-3,12-13H2,1H3,(H,21,23)(H,22,24). The van der Waals surface area contributed by atoms with Crippen LogP contribution in [0.3, 0.4) is 0 Å². The topological polar surface area (TPSA) is 97.4 Å². The molecule has 1 aromatic heterocycles. The summed E-state index contributed by atoms with van der Waals surface area (Å²) in [7, 11) is 0. The second-order valence-electron chi connectivity index (χ2n) is 5.53. The Hall–Kier alpha value is -3.22. The van der Waals surface area contributed by atoms with Crippen molar-refractivity contribution in [2.24, 2.45) is 0 Å². The number of carbonyl (C=O) groups excluding carboxylic acids is 3. The summed E-state index contributed by atoms with van der Waals surface area (Å²) in [6.07, 6.45) is 4.87. The molecule has 0 radical (unpaired) electrons. The van der Waals surface area contributed by atoms with Crippen molar-refractivity contribution in [3.8, 4) is 0 Å². The van der Waals surface area contributed by atoms with Crippen molar-refractivity contribution < 1.29 is 19.1 Å². The van der Waals surface area contributed by atoms with Crippen molar-refractivity contribution in [2.75, 3.05) is 11.9 Å². The summed E-state index contributed by atoms with van der Waals surface area (Å²) in [5.41, 5.74) is 1.26. The van der Waals surface area contributed by atoms with Gasteiger partial charge in [0.25, 0.3) is 0 Å². The molecule has 0 saturated heterocycles. The van der Waals surface area contributed by atoms with E-state index in [-0.39, 0.29) is 17.8 Å². The normalized spacial score (nSPS) is 10.0. The van der Waals surface area contributed by atoms with E-state index in [1.54, 1.807) is 48.8 Å². The van der Waals surface area contributed by atoms with Gasteiger partial charge in [-0.15, -0.1) is 0 Å². The number of aromatic nitrogens is 1. The Morgan fingerprint density at radius 1 is 1.04 bits per heavy atom. The van der Waals surface area contributed by atoms with E-state index < -0.39 is 17.8 Å². The van der Waals surface area contributed by atoms with Crippen LogP contribution in [-0.4, -0.2) is 29.4 Å². The number of unbranched alkanes of at least 4 members (excludes halogenated alkanes) is 1. The monoisotopic (exact) mass is 355 g/mol. The first-order valence-electron chi connectivity index (χ1n) is 8.36. The maximum Gasteiger partial charge on any atom is 0.340 e. The van der Waals surface area contributed by atoms with Gasteiger partial charge >= 0.3 is 17.8 Å². The minimum Gasteiger partial charge on any atom is -0.462 e. The molecule has 0 aliphatic heterocycles. The number of pyridine rings is 1. The summed E-state index contributed by atoms with van der Waals surface area (Å²) in [6.45, 7) is 2.51. The van der Waals surface area contributed by atoms with Gasteiger partial charge < -0.3 is 15.4 Å². The molecule has 0 fully saturated rings. The first-order valence-corrected chi connectivity index (χ1v) is 8.36. The zero-order valence-electron chi connectivity index (χ0n) is 14.5. The molecule has 1 heterocycles. The maximum atomic E-state index is 12.1. The Morgan fingerprint density at radius 2 is 1.77 bits per heavy atom. The van der Waals surface area contributed by atoms with E-state index >= 15 is 0 Å².